The molecule has 0 fully saturated rings. The van der Waals surface area contributed by atoms with Crippen molar-refractivity contribution in [3.63, 3.8) is 0 Å². The molecule has 0 heteroatoms. The molecule has 0 aliphatic carbocycles. The second-order valence-corrected chi connectivity index (χ2v) is 3.18. The Balaban J connectivity index is 3.73. The van der Waals surface area contributed by atoms with Gasteiger partial charge in [0, 0.05) is 0 Å². The molecule has 0 nitrogen and oxygen atoms in total. The average molecular weight is 150 g/mol. The minimum absolute atomic E-state index is 0.753. The molecule has 0 spiro atoms. The van der Waals surface area contributed by atoms with Gasteiger partial charge in [-0.15, -0.1) is 0 Å². The first kappa shape index (κ1) is 10.2. The molecule has 0 saturated heterocycles. The topological polar surface area (TPSA) is 0 Å². The van der Waals surface area contributed by atoms with Gasteiger partial charge in [0.15, 0.2) is 0 Å². The number of allylic oxidation sites excluding steroid dienone is 5. The van der Waals surface area contributed by atoms with Crippen LogP contribution in [-0.4, -0.2) is 0 Å². The number of hydrogen-bond donors (Lipinski definition) is 0. The fourth-order valence-corrected chi connectivity index (χ4v) is 0.768. The standard InChI is InChI=1S/C11H18/c1-5-7-11(4)9-6-8-10(2)3/h5-7,9-10H,1,8H2,2-4H3. The van der Waals surface area contributed by atoms with Crippen LogP contribution in [0.5, 0.6) is 0 Å². The third-order valence-corrected chi connectivity index (χ3v) is 1.37. The molecule has 11 heavy (non-hydrogen) atoms. The van der Waals surface area contributed by atoms with Crippen LogP contribution in [-0.2, 0) is 0 Å². The Labute approximate surface area is 70.3 Å². The first-order valence-electron chi connectivity index (χ1n) is 4.12. The normalized spacial score (nSPS) is 12.9. The Bertz CT molecular complexity index is 159. The van der Waals surface area contributed by atoms with E-state index in [2.05, 4.69) is 39.5 Å². The van der Waals surface area contributed by atoms with Gasteiger partial charge < -0.3 is 0 Å². The molecular weight excluding hydrogens is 132 g/mol. The van der Waals surface area contributed by atoms with Gasteiger partial charge in [-0.05, 0) is 19.3 Å². The third-order valence-electron chi connectivity index (χ3n) is 1.37. The van der Waals surface area contributed by atoms with Gasteiger partial charge >= 0.3 is 0 Å². The van der Waals surface area contributed by atoms with E-state index in [0.717, 1.165) is 12.3 Å². The zero-order valence-corrected chi connectivity index (χ0v) is 7.80. The van der Waals surface area contributed by atoms with Crippen molar-refractivity contribution in [2.24, 2.45) is 5.92 Å². The van der Waals surface area contributed by atoms with Crippen molar-refractivity contribution in [1.29, 1.82) is 0 Å². The van der Waals surface area contributed by atoms with E-state index in [4.69, 9.17) is 0 Å². The van der Waals surface area contributed by atoms with Crippen molar-refractivity contribution in [1.82, 2.24) is 0 Å². The van der Waals surface area contributed by atoms with Crippen LogP contribution < -0.4 is 0 Å². The molecule has 0 N–H and O–H groups in total. The molecule has 0 aromatic rings. The molecule has 0 unspecified atom stereocenters. The predicted octanol–water partition coefficient (Wildman–Crippen LogP) is 3.72. The molecule has 0 aliphatic heterocycles. The summed E-state index contributed by atoms with van der Waals surface area (Å²) in [6.07, 6.45) is 9.33. The van der Waals surface area contributed by atoms with Crippen molar-refractivity contribution >= 4 is 0 Å². The highest BCUT2D eigenvalue weighted by molar-refractivity contribution is 5.20. The van der Waals surface area contributed by atoms with Gasteiger partial charge in [0.1, 0.15) is 0 Å². The van der Waals surface area contributed by atoms with E-state index < -0.39 is 0 Å². The van der Waals surface area contributed by atoms with Gasteiger partial charge in [-0.3, -0.25) is 0 Å². The molecule has 0 atom stereocenters. The Morgan fingerprint density at radius 3 is 2.55 bits per heavy atom. The monoisotopic (exact) mass is 150 g/mol. The molecular formula is C11H18. The fraction of sp³-hybridized carbons (Fsp3) is 0.455. The summed E-state index contributed by atoms with van der Waals surface area (Å²) in [5, 5.41) is 0. The van der Waals surface area contributed by atoms with Gasteiger partial charge in [0.2, 0.25) is 0 Å². The second kappa shape index (κ2) is 5.96. The minimum Gasteiger partial charge on any atom is -0.0991 e. The van der Waals surface area contributed by atoms with Gasteiger partial charge in [-0.1, -0.05) is 50.3 Å². The maximum absolute atomic E-state index is 3.63. The molecule has 0 rings (SSSR count). The fourth-order valence-electron chi connectivity index (χ4n) is 0.768. The lowest BCUT2D eigenvalue weighted by Crippen LogP contribution is -1.81. The second-order valence-electron chi connectivity index (χ2n) is 3.18. The quantitative estimate of drug-likeness (QED) is 0.536. The Kier molecular flexibility index (Phi) is 5.54. The summed E-state index contributed by atoms with van der Waals surface area (Å²) in [7, 11) is 0. The first-order chi connectivity index (χ1) is 5.16. The predicted molar refractivity (Wildman–Crippen MR) is 52.5 cm³/mol. The van der Waals surface area contributed by atoms with Crippen molar-refractivity contribution in [2.45, 2.75) is 27.2 Å². The smallest absolute Gasteiger partial charge is 0.0324 e. The van der Waals surface area contributed by atoms with E-state index in [1.165, 1.54) is 5.57 Å². The summed E-state index contributed by atoms with van der Waals surface area (Å²) in [5.74, 6) is 0.753. The van der Waals surface area contributed by atoms with Crippen molar-refractivity contribution in [3.8, 4) is 0 Å². The van der Waals surface area contributed by atoms with Crippen LogP contribution in [0.2, 0.25) is 0 Å². The van der Waals surface area contributed by atoms with E-state index in [9.17, 15) is 0 Å². The third kappa shape index (κ3) is 7.11. The lowest BCUT2D eigenvalue weighted by molar-refractivity contribution is 0.663. The Hall–Kier alpha value is -0.780. The summed E-state index contributed by atoms with van der Waals surface area (Å²) in [6, 6.07) is 0. The lowest BCUT2D eigenvalue weighted by Gasteiger charge is -1.96. The largest absolute Gasteiger partial charge is 0.0991 e. The molecule has 0 amide bonds. The minimum atomic E-state index is 0.753. The number of rotatable bonds is 4. The molecule has 0 saturated carbocycles. The van der Waals surface area contributed by atoms with Crippen LogP contribution in [0.3, 0.4) is 0 Å². The summed E-state index contributed by atoms with van der Waals surface area (Å²) in [5.41, 5.74) is 1.26. The van der Waals surface area contributed by atoms with Gasteiger partial charge in [0.05, 0.1) is 0 Å². The highest BCUT2D eigenvalue weighted by Crippen LogP contribution is 2.02. The van der Waals surface area contributed by atoms with Crippen LogP contribution >= 0.6 is 0 Å². The molecule has 62 valence electrons. The van der Waals surface area contributed by atoms with E-state index in [0.29, 0.717) is 0 Å². The van der Waals surface area contributed by atoms with Crippen LogP contribution in [0.1, 0.15) is 27.2 Å². The summed E-state index contributed by atoms with van der Waals surface area (Å²) < 4.78 is 0. The summed E-state index contributed by atoms with van der Waals surface area (Å²) in [6.45, 7) is 10.2. The van der Waals surface area contributed by atoms with E-state index in [1.807, 2.05) is 12.2 Å². The molecule has 0 aromatic carbocycles. The average Bonchev–Trinajstić information content (AvgIpc) is 1.87. The van der Waals surface area contributed by atoms with Gasteiger partial charge in [-0.25, -0.2) is 0 Å². The first-order valence-corrected chi connectivity index (χ1v) is 4.12. The molecule has 0 heterocycles. The van der Waals surface area contributed by atoms with Crippen LogP contribution in [0.15, 0.2) is 36.5 Å². The summed E-state index contributed by atoms with van der Waals surface area (Å²) >= 11 is 0. The molecule has 0 aliphatic rings. The highest BCUT2D eigenvalue weighted by Gasteiger charge is 1.86. The van der Waals surface area contributed by atoms with Crippen LogP contribution in [0.4, 0.5) is 0 Å². The van der Waals surface area contributed by atoms with Crippen molar-refractivity contribution in [3.05, 3.63) is 36.5 Å². The Morgan fingerprint density at radius 2 is 2.09 bits per heavy atom. The van der Waals surface area contributed by atoms with Crippen molar-refractivity contribution in [2.75, 3.05) is 0 Å². The van der Waals surface area contributed by atoms with Crippen LogP contribution in [0, 0.1) is 5.92 Å². The van der Waals surface area contributed by atoms with Crippen LogP contribution in [0.25, 0.3) is 0 Å². The maximum Gasteiger partial charge on any atom is -0.0324 e. The van der Waals surface area contributed by atoms with Crippen molar-refractivity contribution < 1.29 is 0 Å². The van der Waals surface area contributed by atoms with E-state index in [1.54, 1.807) is 0 Å². The van der Waals surface area contributed by atoms with E-state index in [-0.39, 0.29) is 0 Å². The zero-order chi connectivity index (χ0) is 8.69. The van der Waals surface area contributed by atoms with Gasteiger partial charge in [0.25, 0.3) is 0 Å². The SMILES string of the molecule is C=CC=C(C)C=CCC(C)C. The molecule has 0 aromatic heterocycles. The van der Waals surface area contributed by atoms with Gasteiger partial charge in [-0.2, -0.15) is 0 Å². The molecule has 0 radical (unpaired) electrons. The maximum atomic E-state index is 3.63. The van der Waals surface area contributed by atoms with E-state index >= 15 is 0 Å². The molecule has 0 bridgehead atoms. The summed E-state index contributed by atoms with van der Waals surface area (Å²) in [4.78, 5) is 0. The highest BCUT2D eigenvalue weighted by atomic mass is 13.9. The zero-order valence-electron chi connectivity index (χ0n) is 7.80. The Morgan fingerprint density at radius 1 is 1.45 bits per heavy atom. The number of hydrogen-bond acceptors (Lipinski definition) is 0. The lowest BCUT2D eigenvalue weighted by atomic mass is 10.1.